The normalized spacial score (nSPS) is 38.4. The summed E-state index contributed by atoms with van der Waals surface area (Å²) in [6.45, 7) is 6.31. The molecule has 2 unspecified atom stereocenters. The van der Waals surface area contributed by atoms with E-state index in [0.29, 0.717) is 12.1 Å². The van der Waals surface area contributed by atoms with Gasteiger partial charge in [0.25, 0.3) is 0 Å². The van der Waals surface area contributed by atoms with Gasteiger partial charge < -0.3 is 0 Å². The first-order valence-electron chi connectivity index (χ1n) is 3.52. The maximum Gasteiger partial charge on any atom is 0.0312 e. The molecule has 0 N–H and O–H groups in total. The van der Waals surface area contributed by atoms with Crippen LogP contribution in [0.25, 0.3) is 0 Å². The molecular formula is C6H14N2S2. The highest BCUT2D eigenvalue weighted by Crippen LogP contribution is 2.17. The number of thiol groups is 2. The summed E-state index contributed by atoms with van der Waals surface area (Å²) in [4.78, 5) is 0. The predicted molar refractivity (Wildman–Crippen MR) is 50.3 cm³/mol. The molecule has 4 heteroatoms. The Kier molecular flexibility index (Phi) is 2.91. The van der Waals surface area contributed by atoms with Crippen LogP contribution < -0.4 is 0 Å². The molecular weight excluding hydrogens is 164 g/mol. The second-order valence-electron chi connectivity index (χ2n) is 2.95. The van der Waals surface area contributed by atoms with Crippen molar-refractivity contribution in [2.45, 2.75) is 25.9 Å². The molecule has 0 aromatic carbocycles. The minimum absolute atomic E-state index is 0.504. The smallest absolute Gasteiger partial charge is 0.0312 e. The molecule has 2 nitrogen and oxygen atoms in total. The lowest BCUT2D eigenvalue weighted by Gasteiger charge is -2.38. The van der Waals surface area contributed by atoms with Gasteiger partial charge in [-0.1, -0.05) is 25.6 Å². The Morgan fingerprint density at radius 1 is 1.10 bits per heavy atom. The van der Waals surface area contributed by atoms with E-state index < -0.39 is 0 Å². The summed E-state index contributed by atoms with van der Waals surface area (Å²) in [6, 6.07) is 1.01. The van der Waals surface area contributed by atoms with Crippen LogP contribution >= 0.6 is 25.6 Å². The Labute approximate surface area is 73.7 Å². The average molecular weight is 178 g/mol. The lowest BCUT2D eigenvalue weighted by molar-refractivity contribution is 0.186. The van der Waals surface area contributed by atoms with Gasteiger partial charge in [-0.2, -0.15) is 0 Å². The molecule has 10 heavy (non-hydrogen) atoms. The summed E-state index contributed by atoms with van der Waals surface area (Å²) in [5.74, 6) is 0. The zero-order chi connectivity index (χ0) is 7.72. The van der Waals surface area contributed by atoms with Crippen molar-refractivity contribution in [3.63, 3.8) is 0 Å². The molecule has 1 fully saturated rings. The van der Waals surface area contributed by atoms with Gasteiger partial charge in [0.15, 0.2) is 0 Å². The molecule has 60 valence electrons. The maximum atomic E-state index is 4.36. The Morgan fingerprint density at radius 2 is 1.50 bits per heavy atom. The van der Waals surface area contributed by atoms with E-state index in [1.54, 1.807) is 0 Å². The van der Waals surface area contributed by atoms with Crippen molar-refractivity contribution in [3.8, 4) is 0 Å². The van der Waals surface area contributed by atoms with E-state index >= 15 is 0 Å². The molecule has 1 saturated heterocycles. The number of piperazine rings is 1. The van der Waals surface area contributed by atoms with Crippen molar-refractivity contribution < 1.29 is 0 Å². The van der Waals surface area contributed by atoms with E-state index in [9.17, 15) is 0 Å². The number of hydrogen-bond acceptors (Lipinski definition) is 4. The van der Waals surface area contributed by atoms with E-state index in [1.807, 2.05) is 4.31 Å². The Balaban J connectivity index is 2.49. The zero-order valence-electron chi connectivity index (χ0n) is 6.36. The fraction of sp³-hybridized carbons (Fsp3) is 1.00. The standard InChI is InChI=1S/C6H14N2S2/c1-5-3-7(9)4-6(2)8(5)10/h5-6,9-10H,3-4H2,1-2H3. The molecule has 0 aromatic rings. The Hall–Kier alpha value is 0.620. The zero-order valence-corrected chi connectivity index (χ0v) is 8.15. The van der Waals surface area contributed by atoms with Crippen LogP contribution in [-0.4, -0.2) is 33.8 Å². The highest BCUT2D eigenvalue weighted by atomic mass is 32.1. The summed E-state index contributed by atoms with van der Waals surface area (Å²) >= 11 is 8.66. The van der Waals surface area contributed by atoms with Gasteiger partial charge in [0.05, 0.1) is 0 Å². The van der Waals surface area contributed by atoms with Crippen LogP contribution in [0.2, 0.25) is 0 Å². The van der Waals surface area contributed by atoms with Crippen molar-refractivity contribution >= 4 is 25.6 Å². The number of nitrogens with zero attached hydrogens (tertiary/aromatic N) is 2. The van der Waals surface area contributed by atoms with Crippen LogP contribution in [0.15, 0.2) is 0 Å². The van der Waals surface area contributed by atoms with E-state index in [2.05, 4.69) is 43.8 Å². The first-order chi connectivity index (χ1) is 4.61. The third-order valence-corrected chi connectivity index (χ3v) is 2.97. The van der Waals surface area contributed by atoms with Crippen LogP contribution in [0, 0.1) is 0 Å². The molecule has 1 aliphatic rings. The van der Waals surface area contributed by atoms with Gasteiger partial charge in [-0.05, 0) is 13.8 Å². The summed E-state index contributed by atoms with van der Waals surface area (Å²) < 4.78 is 4.13. The van der Waals surface area contributed by atoms with Crippen molar-refractivity contribution in [1.29, 1.82) is 0 Å². The third kappa shape index (κ3) is 1.81. The maximum absolute atomic E-state index is 4.36. The summed E-state index contributed by atoms with van der Waals surface area (Å²) in [5, 5.41) is 0. The summed E-state index contributed by atoms with van der Waals surface area (Å²) in [6.07, 6.45) is 0. The lowest BCUT2D eigenvalue weighted by atomic mass is 10.2. The molecule has 0 saturated carbocycles. The Bertz CT molecular complexity index is 108. The highest BCUT2D eigenvalue weighted by molar-refractivity contribution is 7.78. The van der Waals surface area contributed by atoms with Crippen molar-refractivity contribution in [1.82, 2.24) is 8.61 Å². The van der Waals surface area contributed by atoms with Crippen LogP contribution in [0.1, 0.15) is 13.8 Å². The predicted octanol–water partition coefficient (Wildman–Crippen LogP) is 1.07. The van der Waals surface area contributed by atoms with Gasteiger partial charge in [0.1, 0.15) is 0 Å². The van der Waals surface area contributed by atoms with Gasteiger partial charge in [-0.15, -0.1) is 0 Å². The largest absolute Gasteiger partial charge is 0.250 e. The highest BCUT2D eigenvalue weighted by Gasteiger charge is 2.25. The number of hydrogen-bond donors (Lipinski definition) is 2. The SMILES string of the molecule is CC1CN(S)CC(C)N1S. The summed E-state index contributed by atoms with van der Waals surface area (Å²) in [5.41, 5.74) is 0. The quantitative estimate of drug-likeness (QED) is 0.536. The summed E-state index contributed by atoms with van der Waals surface area (Å²) in [7, 11) is 0. The molecule has 0 bridgehead atoms. The molecule has 2 atom stereocenters. The molecule has 0 spiro atoms. The van der Waals surface area contributed by atoms with E-state index in [0.717, 1.165) is 13.1 Å². The molecule has 0 aliphatic carbocycles. The first-order valence-corrected chi connectivity index (χ1v) is 4.32. The fourth-order valence-corrected chi connectivity index (χ4v) is 1.90. The third-order valence-electron chi connectivity index (χ3n) is 1.85. The lowest BCUT2D eigenvalue weighted by Crippen LogP contribution is -2.49. The minimum atomic E-state index is 0.504. The van der Waals surface area contributed by atoms with Crippen molar-refractivity contribution in [2.24, 2.45) is 0 Å². The first kappa shape index (κ1) is 8.71. The second-order valence-corrected chi connectivity index (χ2v) is 3.98. The van der Waals surface area contributed by atoms with Crippen LogP contribution in [0.4, 0.5) is 0 Å². The van der Waals surface area contributed by atoms with Gasteiger partial charge in [-0.25, -0.2) is 4.31 Å². The molecule has 0 amide bonds. The van der Waals surface area contributed by atoms with Crippen LogP contribution in [0.3, 0.4) is 0 Å². The van der Waals surface area contributed by atoms with E-state index in [4.69, 9.17) is 0 Å². The molecule has 1 aliphatic heterocycles. The van der Waals surface area contributed by atoms with Gasteiger partial charge >= 0.3 is 0 Å². The van der Waals surface area contributed by atoms with Gasteiger partial charge in [-0.3, -0.25) is 4.31 Å². The van der Waals surface area contributed by atoms with Crippen LogP contribution in [0.5, 0.6) is 0 Å². The monoisotopic (exact) mass is 178 g/mol. The molecule has 1 rings (SSSR count). The topological polar surface area (TPSA) is 6.48 Å². The fourth-order valence-electron chi connectivity index (χ4n) is 1.29. The Morgan fingerprint density at radius 3 is 1.90 bits per heavy atom. The number of rotatable bonds is 0. The second kappa shape index (κ2) is 3.34. The van der Waals surface area contributed by atoms with E-state index in [-0.39, 0.29) is 0 Å². The van der Waals surface area contributed by atoms with Crippen molar-refractivity contribution in [3.05, 3.63) is 0 Å². The van der Waals surface area contributed by atoms with Gasteiger partial charge in [0, 0.05) is 25.2 Å². The van der Waals surface area contributed by atoms with Crippen LogP contribution in [-0.2, 0) is 0 Å². The minimum Gasteiger partial charge on any atom is -0.250 e. The average Bonchev–Trinajstić information content (AvgIpc) is 1.82. The van der Waals surface area contributed by atoms with Crippen molar-refractivity contribution in [2.75, 3.05) is 13.1 Å². The molecule has 0 radical (unpaired) electrons. The molecule has 0 aromatic heterocycles. The van der Waals surface area contributed by atoms with E-state index in [1.165, 1.54) is 0 Å². The molecule has 1 heterocycles. The van der Waals surface area contributed by atoms with Gasteiger partial charge in [0.2, 0.25) is 0 Å².